The molecule has 1 heterocycles. The van der Waals surface area contributed by atoms with E-state index < -0.39 is 17.7 Å². The van der Waals surface area contributed by atoms with Gasteiger partial charge in [0.2, 0.25) is 0 Å². The molecule has 0 spiro atoms. The first kappa shape index (κ1) is 12.7. The van der Waals surface area contributed by atoms with Crippen molar-refractivity contribution < 1.29 is 19.1 Å². The lowest BCUT2D eigenvalue weighted by Gasteiger charge is -2.29. The quantitative estimate of drug-likeness (QED) is 0.460. The highest BCUT2D eigenvalue weighted by Crippen LogP contribution is 2.22. The number of allylic oxidation sites excluding steroid dienone is 2. The van der Waals surface area contributed by atoms with E-state index in [-0.39, 0.29) is 5.57 Å². The predicted molar refractivity (Wildman–Crippen MR) is 64.0 cm³/mol. The number of cyclic esters (lactones) is 2. The molecule has 1 fully saturated rings. The molecule has 5 nitrogen and oxygen atoms in total. The highest BCUT2D eigenvalue weighted by Gasteiger charge is 2.38. The van der Waals surface area contributed by atoms with Crippen molar-refractivity contribution in [2.24, 2.45) is 0 Å². The van der Waals surface area contributed by atoms with Gasteiger partial charge in [0.25, 0.3) is 5.79 Å². The Morgan fingerprint density at radius 3 is 2.44 bits per heavy atom. The van der Waals surface area contributed by atoms with Gasteiger partial charge in [-0.15, -0.1) is 0 Å². The Balaban J connectivity index is 2.06. The standard InChI is InChI=1S/C13H17NO4/c1-13(2)17-11(15)10(12(16)18-13)8-14-9-6-4-3-5-7-9/h6,8,14H,3-5,7H2,1-2H3. The van der Waals surface area contributed by atoms with Gasteiger partial charge in [0.15, 0.2) is 5.57 Å². The van der Waals surface area contributed by atoms with Crippen LogP contribution in [0.2, 0.25) is 0 Å². The average Bonchev–Trinajstić information content (AvgIpc) is 2.27. The first-order chi connectivity index (χ1) is 8.48. The van der Waals surface area contributed by atoms with Crippen LogP contribution in [0.3, 0.4) is 0 Å². The van der Waals surface area contributed by atoms with Gasteiger partial charge < -0.3 is 14.8 Å². The van der Waals surface area contributed by atoms with Gasteiger partial charge in [0, 0.05) is 25.7 Å². The first-order valence-electron chi connectivity index (χ1n) is 6.10. The van der Waals surface area contributed by atoms with Crippen molar-refractivity contribution in [1.82, 2.24) is 5.32 Å². The summed E-state index contributed by atoms with van der Waals surface area (Å²) in [5.41, 5.74) is 0.931. The number of ether oxygens (including phenoxy) is 2. The summed E-state index contributed by atoms with van der Waals surface area (Å²) in [6.45, 7) is 3.05. The second kappa shape index (κ2) is 4.84. The van der Waals surface area contributed by atoms with E-state index in [2.05, 4.69) is 11.4 Å². The summed E-state index contributed by atoms with van der Waals surface area (Å²) in [6.07, 6.45) is 7.69. The molecule has 2 aliphatic rings. The summed E-state index contributed by atoms with van der Waals surface area (Å²) in [6, 6.07) is 0. The van der Waals surface area contributed by atoms with E-state index in [0.717, 1.165) is 25.0 Å². The van der Waals surface area contributed by atoms with Crippen molar-refractivity contribution in [2.75, 3.05) is 0 Å². The van der Waals surface area contributed by atoms with E-state index in [1.165, 1.54) is 26.5 Å². The normalized spacial score (nSPS) is 22.8. The van der Waals surface area contributed by atoms with Gasteiger partial charge in [-0.25, -0.2) is 9.59 Å². The van der Waals surface area contributed by atoms with Crippen LogP contribution >= 0.6 is 0 Å². The summed E-state index contributed by atoms with van der Waals surface area (Å²) in [5.74, 6) is -2.49. The molecule has 5 heteroatoms. The van der Waals surface area contributed by atoms with Gasteiger partial charge in [-0.05, 0) is 25.7 Å². The lowest BCUT2D eigenvalue weighted by atomic mass is 10.1. The van der Waals surface area contributed by atoms with Crippen molar-refractivity contribution in [2.45, 2.75) is 45.3 Å². The van der Waals surface area contributed by atoms with Crippen molar-refractivity contribution in [3.05, 3.63) is 23.5 Å². The summed E-state index contributed by atoms with van der Waals surface area (Å²) in [7, 11) is 0. The van der Waals surface area contributed by atoms with Crippen molar-refractivity contribution >= 4 is 11.9 Å². The number of esters is 2. The molecule has 1 saturated heterocycles. The molecule has 0 amide bonds. The molecule has 1 aliphatic heterocycles. The smallest absolute Gasteiger partial charge is 0.350 e. The number of nitrogens with one attached hydrogen (secondary N) is 1. The molecule has 1 aliphatic carbocycles. The van der Waals surface area contributed by atoms with Crippen LogP contribution in [-0.2, 0) is 19.1 Å². The number of hydrogen-bond acceptors (Lipinski definition) is 5. The predicted octanol–water partition coefficient (Wildman–Crippen LogP) is 1.75. The second-order valence-corrected chi connectivity index (χ2v) is 4.86. The maximum Gasteiger partial charge on any atom is 0.350 e. The van der Waals surface area contributed by atoms with Crippen LogP contribution in [0.1, 0.15) is 39.5 Å². The van der Waals surface area contributed by atoms with Gasteiger partial charge in [-0.3, -0.25) is 0 Å². The highest BCUT2D eigenvalue weighted by atomic mass is 16.7. The summed E-state index contributed by atoms with van der Waals surface area (Å²) >= 11 is 0. The zero-order valence-corrected chi connectivity index (χ0v) is 10.6. The molecule has 18 heavy (non-hydrogen) atoms. The fraction of sp³-hybridized carbons (Fsp3) is 0.538. The third kappa shape index (κ3) is 2.91. The van der Waals surface area contributed by atoms with Crippen LogP contribution in [0.5, 0.6) is 0 Å². The van der Waals surface area contributed by atoms with E-state index in [1.807, 2.05) is 0 Å². The summed E-state index contributed by atoms with van der Waals surface area (Å²) < 4.78 is 9.97. The Kier molecular flexibility index (Phi) is 3.41. The van der Waals surface area contributed by atoms with Gasteiger partial charge in [0.1, 0.15) is 0 Å². The van der Waals surface area contributed by atoms with E-state index in [9.17, 15) is 9.59 Å². The van der Waals surface area contributed by atoms with Crippen LogP contribution in [0.4, 0.5) is 0 Å². The molecule has 0 atom stereocenters. The summed E-state index contributed by atoms with van der Waals surface area (Å²) in [4.78, 5) is 23.3. The molecule has 98 valence electrons. The molecule has 0 aromatic rings. The van der Waals surface area contributed by atoms with Crippen LogP contribution in [-0.4, -0.2) is 17.7 Å². The number of rotatable bonds is 2. The molecule has 0 aromatic carbocycles. The molecule has 2 rings (SSSR count). The Labute approximate surface area is 106 Å². The third-order valence-corrected chi connectivity index (χ3v) is 2.81. The lowest BCUT2D eigenvalue weighted by molar-refractivity contribution is -0.222. The minimum atomic E-state index is -1.18. The maximum atomic E-state index is 11.6. The molecule has 0 radical (unpaired) electrons. The minimum absolute atomic E-state index is 0.0965. The van der Waals surface area contributed by atoms with Crippen molar-refractivity contribution in [3.8, 4) is 0 Å². The minimum Gasteiger partial charge on any atom is -0.419 e. The van der Waals surface area contributed by atoms with Crippen LogP contribution in [0, 0.1) is 0 Å². The van der Waals surface area contributed by atoms with Crippen LogP contribution in [0.15, 0.2) is 23.5 Å². The highest BCUT2D eigenvalue weighted by molar-refractivity contribution is 6.15. The van der Waals surface area contributed by atoms with E-state index in [0.29, 0.717) is 0 Å². The zero-order chi connectivity index (χ0) is 13.2. The van der Waals surface area contributed by atoms with Gasteiger partial charge in [-0.1, -0.05) is 6.08 Å². The fourth-order valence-corrected chi connectivity index (χ4v) is 1.91. The molecular formula is C13H17NO4. The van der Waals surface area contributed by atoms with E-state index in [1.54, 1.807) is 0 Å². The lowest BCUT2D eigenvalue weighted by Crippen LogP contribution is -2.42. The van der Waals surface area contributed by atoms with E-state index >= 15 is 0 Å². The monoisotopic (exact) mass is 251 g/mol. The zero-order valence-electron chi connectivity index (χ0n) is 10.6. The Hall–Kier alpha value is -1.78. The van der Waals surface area contributed by atoms with Crippen molar-refractivity contribution in [1.29, 1.82) is 0 Å². The fourth-order valence-electron chi connectivity index (χ4n) is 1.91. The molecular weight excluding hydrogens is 234 g/mol. The Morgan fingerprint density at radius 1 is 1.22 bits per heavy atom. The average molecular weight is 251 g/mol. The van der Waals surface area contributed by atoms with E-state index in [4.69, 9.17) is 9.47 Å². The number of carbonyl (C=O) groups is 2. The molecule has 0 unspecified atom stereocenters. The largest absolute Gasteiger partial charge is 0.419 e. The van der Waals surface area contributed by atoms with Gasteiger partial charge in [0.05, 0.1) is 0 Å². The molecule has 0 bridgehead atoms. The summed E-state index contributed by atoms with van der Waals surface area (Å²) in [5, 5.41) is 2.98. The Morgan fingerprint density at radius 2 is 1.89 bits per heavy atom. The van der Waals surface area contributed by atoms with Crippen LogP contribution in [0.25, 0.3) is 0 Å². The third-order valence-electron chi connectivity index (χ3n) is 2.81. The van der Waals surface area contributed by atoms with Crippen molar-refractivity contribution in [3.63, 3.8) is 0 Å². The van der Waals surface area contributed by atoms with Gasteiger partial charge >= 0.3 is 11.9 Å². The number of carbonyl (C=O) groups excluding carboxylic acids is 2. The van der Waals surface area contributed by atoms with Gasteiger partial charge in [-0.2, -0.15) is 0 Å². The number of hydrogen-bond donors (Lipinski definition) is 1. The first-order valence-corrected chi connectivity index (χ1v) is 6.10. The van der Waals surface area contributed by atoms with Crippen LogP contribution < -0.4 is 5.32 Å². The molecule has 1 N–H and O–H groups in total. The second-order valence-electron chi connectivity index (χ2n) is 4.86. The SMILES string of the molecule is CC1(C)OC(=O)C(=CNC2=CCCCC2)C(=O)O1. The topological polar surface area (TPSA) is 64.6 Å². The molecule has 0 aromatic heterocycles. The molecule has 0 saturated carbocycles. The Bertz CT molecular complexity index is 412. The maximum absolute atomic E-state index is 11.6.